The van der Waals surface area contributed by atoms with E-state index in [0.29, 0.717) is 0 Å². The van der Waals surface area contributed by atoms with Gasteiger partial charge in [0.25, 0.3) is 0 Å². The summed E-state index contributed by atoms with van der Waals surface area (Å²) < 4.78 is 6.65. The number of nitrogens with zero attached hydrogens (tertiary/aromatic N) is 1. The number of hydrogen-bond donors (Lipinski definition) is 0. The molecule has 1 aromatic heterocycles. The SMILES string of the molecule is Cc1cc(OCC2CCC2)ncc1Br. The minimum absolute atomic E-state index is 0.748. The van der Waals surface area contributed by atoms with Gasteiger partial charge < -0.3 is 4.74 Å². The standard InChI is InChI=1S/C11H14BrNO/c1-8-5-11(13-6-10(8)12)14-7-9-3-2-4-9/h5-6,9H,2-4,7H2,1H3. The summed E-state index contributed by atoms with van der Waals surface area (Å²) in [7, 11) is 0. The molecule has 1 saturated carbocycles. The maximum atomic E-state index is 5.61. The van der Waals surface area contributed by atoms with Crippen LogP contribution in [0, 0.1) is 12.8 Å². The average Bonchev–Trinajstić information content (AvgIpc) is 2.08. The van der Waals surface area contributed by atoms with E-state index >= 15 is 0 Å². The molecule has 1 heterocycles. The van der Waals surface area contributed by atoms with Gasteiger partial charge in [-0.1, -0.05) is 6.42 Å². The summed E-state index contributed by atoms with van der Waals surface area (Å²) in [5.41, 5.74) is 1.17. The summed E-state index contributed by atoms with van der Waals surface area (Å²) in [6.45, 7) is 2.87. The van der Waals surface area contributed by atoms with E-state index in [1.165, 1.54) is 24.8 Å². The van der Waals surface area contributed by atoms with Crippen LogP contribution in [0.15, 0.2) is 16.7 Å². The Morgan fingerprint density at radius 3 is 2.93 bits per heavy atom. The molecule has 0 saturated heterocycles. The molecule has 14 heavy (non-hydrogen) atoms. The van der Waals surface area contributed by atoms with Crippen molar-refractivity contribution in [3.63, 3.8) is 0 Å². The van der Waals surface area contributed by atoms with Crippen molar-refractivity contribution in [2.45, 2.75) is 26.2 Å². The van der Waals surface area contributed by atoms with Crippen LogP contribution in [0.5, 0.6) is 5.88 Å². The summed E-state index contributed by atoms with van der Waals surface area (Å²) in [6, 6.07) is 1.97. The number of pyridine rings is 1. The molecule has 1 fully saturated rings. The molecule has 0 unspecified atom stereocenters. The minimum Gasteiger partial charge on any atom is -0.477 e. The zero-order chi connectivity index (χ0) is 9.97. The summed E-state index contributed by atoms with van der Waals surface area (Å²) in [6.07, 6.45) is 5.79. The Kier molecular flexibility index (Phi) is 3.06. The Bertz CT molecular complexity index is 323. The van der Waals surface area contributed by atoms with Gasteiger partial charge in [0.05, 0.1) is 6.61 Å². The molecule has 1 aromatic rings. The molecule has 2 nitrogen and oxygen atoms in total. The Labute approximate surface area is 92.8 Å². The van der Waals surface area contributed by atoms with Crippen LogP contribution in [0.25, 0.3) is 0 Å². The Morgan fingerprint density at radius 2 is 2.36 bits per heavy atom. The summed E-state index contributed by atoms with van der Waals surface area (Å²) in [5.74, 6) is 1.51. The van der Waals surface area contributed by atoms with Gasteiger partial charge >= 0.3 is 0 Å². The largest absolute Gasteiger partial charge is 0.477 e. The van der Waals surface area contributed by atoms with Gasteiger partial charge in [-0.05, 0) is 47.2 Å². The molecule has 3 heteroatoms. The summed E-state index contributed by atoms with van der Waals surface area (Å²) >= 11 is 3.42. The molecule has 76 valence electrons. The number of aromatic nitrogens is 1. The van der Waals surface area contributed by atoms with Gasteiger partial charge in [0, 0.05) is 16.7 Å². The highest BCUT2D eigenvalue weighted by molar-refractivity contribution is 9.10. The molecular formula is C11H14BrNO. The maximum absolute atomic E-state index is 5.61. The lowest BCUT2D eigenvalue weighted by atomic mass is 9.86. The third kappa shape index (κ3) is 2.27. The quantitative estimate of drug-likeness (QED) is 0.827. The second-order valence-corrected chi connectivity index (χ2v) is 4.73. The molecule has 0 bridgehead atoms. The molecule has 0 aliphatic heterocycles. The normalized spacial score (nSPS) is 16.4. The van der Waals surface area contributed by atoms with Crippen LogP contribution >= 0.6 is 15.9 Å². The first-order chi connectivity index (χ1) is 6.75. The molecule has 0 atom stereocenters. The zero-order valence-corrected chi connectivity index (χ0v) is 9.88. The number of halogens is 1. The predicted octanol–water partition coefficient (Wildman–Crippen LogP) is 3.33. The van der Waals surface area contributed by atoms with E-state index < -0.39 is 0 Å². The van der Waals surface area contributed by atoms with Crippen molar-refractivity contribution >= 4 is 15.9 Å². The van der Waals surface area contributed by atoms with Crippen molar-refractivity contribution in [3.05, 3.63) is 22.3 Å². The first-order valence-electron chi connectivity index (χ1n) is 5.00. The lowest BCUT2D eigenvalue weighted by Crippen LogP contribution is -2.19. The molecule has 0 N–H and O–H groups in total. The van der Waals surface area contributed by atoms with Gasteiger partial charge in [-0.25, -0.2) is 4.98 Å². The van der Waals surface area contributed by atoms with Crippen LogP contribution in [0.1, 0.15) is 24.8 Å². The van der Waals surface area contributed by atoms with E-state index in [4.69, 9.17) is 4.74 Å². The van der Waals surface area contributed by atoms with Gasteiger partial charge in [0.15, 0.2) is 0 Å². The molecular weight excluding hydrogens is 242 g/mol. The van der Waals surface area contributed by atoms with Gasteiger partial charge in [0.2, 0.25) is 5.88 Å². The van der Waals surface area contributed by atoms with Crippen molar-refractivity contribution in [1.82, 2.24) is 4.98 Å². The van der Waals surface area contributed by atoms with Gasteiger partial charge in [0.1, 0.15) is 0 Å². The number of ether oxygens (including phenoxy) is 1. The van der Waals surface area contributed by atoms with E-state index in [0.717, 1.165) is 22.9 Å². The van der Waals surface area contributed by atoms with Crippen LogP contribution in [0.2, 0.25) is 0 Å². The predicted molar refractivity (Wildman–Crippen MR) is 59.5 cm³/mol. The maximum Gasteiger partial charge on any atom is 0.213 e. The molecule has 0 spiro atoms. The average molecular weight is 256 g/mol. The number of rotatable bonds is 3. The highest BCUT2D eigenvalue weighted by atomic mass is 79.9. The van der Waals surface area contributed by atoms with Crippen LogP contribution in [0.4, 0.5) is 0 Å². The zero-order valence-electron chi connectivity index (χ0n) is 8.29. The fourth-order valence-corrected chi connectivity index (χ4v) is 1.67. The van der Waals surface area contributed by atoms with E-state index in [1.807, 2.05) is 13.0 Å². The highest BCUT2D eigenvalue weighted by Crippen LogP contribution is 2.27. The lowest BCUT2D eigenvalue weighted by molar-refractivity contribution is 0.175. The fraction of sp³-hybridized carbons (Fsp3) is 0.545. The minimum atomic E-state index is 0.748. The van der Waals surface area contributed by atoms with Gasteiger partial charge in [-0.15, -0.1) is 0 Å². The van der Waals surface area contributed by atoms with E-state index in [2.05, 4.69) is 20.9 Å². The van der Waals surface area contributed by atoms with Crippen LogP contribution in [-0.2, 0) is 0 Å². The lowest BCUT2D eigenvalue weighted by Gasteiger charge is -2.24. The Balaban J connectivity index is 1.91. The first kappa shape index (κ1) is 9.97. The number of aryl methyl sites for hydroxylation is 1. The first-order valence-corrected chi connectivity index (χ1v) is 5.80. The molecule has 0 amide bonds. The van der Waals surface area contributed by atoms with Crippen LogP contribution in [-0.4, -0.2) is 11.6 Å². The third-order valence-corrected chi connectivity index (χ3v) is 3.54. The van der Waals surface area contributed by atoms with Crippen LogP contribution in [0.3, 0.4) is 0 Å². The molecule has 1 aliphatic rings. The Hall–Kier alpha value is -0.570. The van der Waals surface area contributed by atoms with Gasteiger partial charge in [-0.2, -0.15) is 0 Å². The fourth-order valence-electron chi connectivity index (χ4n) is 1.46. The van der Waals surface area contributed by atoms with Crippen molar-refractivity contribution in [1.29, 1.82) is 0 Å². The van der Waals surface area contributed by atoms with Crippen molar-refractivity contribution < 1.29 is 4.74 Å². The Morgan fingerprint density at radius 1 is 1.57 bits per heavy atom. The topological polar surface area (TPSA) is 22.1 Å². The van der Waals surface area contributed by atoms with Crippen LogP contribution < -0.4 is 4.74 Å². The van der Waals surface area contributed by atoms with Crippen molar-refractivity contribution in [2.24, 2.45) is 5.92 Å². The smallest absolute Gasteiger partial charge is 0.213 e. The van der Waals surface area contributed by atoms with Crippen molar-refractivity contribution in [2.75, 3.05) is 6.61 Å². The molecule has 2 rings (SSSR count). The van der Waals surface area contributed by atoms with E-state index in [1.54, 1.807) is 6.20 Å². The van der Waals surface area contributed by atoms with E-state index in [-0.39, 0.29) is 0 Å². The monoisotopic (exact) mass is 255 g/mol. The highest BCUT2D eigenvalue weighted by Gasteiger charge is 2.18. The van der Waals surface area contributed by atoms with Crippen molar-refractivity contribution in [3.8, 4) is 5.88 Å². The van der Waals surface area contributed by atoms with Gasteiger partial charge in [-0.3, -0.25) is 0 Å². The summed E-state index contributed by atoms with van der Waals surface area (Å²) in [4.78, 5) is 4.20. The number of hydrogen-bond acceptors (Lipinski definition) is 2. The molecule has 1 aliphatic carbocycles. The molecule has 0 radical (unpaired) electrons. The second-order valence-electron chi connectivity index (χ2n) is 3.88. The summed E-state index contributed by atoms with van der Waals surface area (Å²) in [5, 5.41) is 0. The molecule has 0 aromatic carbocycles. The third-order valence-electron chi connectivity index (χ3n) is 2.71. The van der Waals surface area contributed by atoms with E-state index in [9.17, 15) is 0 Å². The second kappa shape index (κ2) is 4.30.